The molecule has 112 valence electrons. The molecule has 1 atom stereocenters. The van der Waals surface area contributed by atoms with Crippen molar-refractivity contribution in [2.75, 3.05) is 5.32 Å². The summed E-state index contributed by atoms with van der Waals surface area (Å²) in [4.78, 5) is 0. The van der Waals surface area contributed by atoms with E-state index in [1.807, 2.05) is 50.0 Å². The summed E-state index contributed by atoms with van der Waals surface area (Å²) >= 11 is 14.9. The van der Waals surface area contributed by atoms with Crippen LogP contribution in [0.2, 0.25) is 5.02 Å². The molecule has 0 saturated carbocycles. The molecule has 0 aliphatic carbocycles. The van der Waals surface area contributed by atoms with Gasteiger partial charge in [0.1, 0.15) is 0 Å². The van der Waals surface area contributed by atoms with Crippen molar-refractivity contribution >= 4 is 50.5 Å². The topological polar surface area (TPSA) is 41.9 Å². The summed E-state index contributed by atoms with van der Waals surface area (Å²) in [5.41, 5.74) is 3.00. The minimum atomic E-state index is 0.0629. The van der Waals surface area contributed by atoms with Gasteiger partial charge < -0.3 is 10.6 Å². The predicted molar refractivity (Wildman–Crippen MR) is 94.9 cm³/mol. The zero-order valence-corrected chi connectivity index (χ0v) is 15.1. The number of hydrogen-bond acceptors (Lipinski definition) is 2. The SMILES string of the molecule is Cc1c([C@H](C)NC(=S)Nc2ccc(Br)cc2Cl)cnn1C. The van der Waals surface area contributed by atoms with Crippen molar-refractivity contribution in [1.82, 2.24) is 15.1 Å². The van der Waals surface area contributed by atoms with Crippen molar-refractivity contribution in [3.63, 3.8) is 0 Å². The Bertz CT molecular complexity index is 671. The lowest BCUT2D eigenvalue weighted by molar-refractivity contribution is 0.701. The number of nitrogens with zero attached hydrogens (tertiary/aromatic N) is 2. The molecule has 0 aliphatic heterocycles. The molecule has 0 amide bonds. The van der Waals surface area contributed by atoms with E-state index >= 15 is 0 Å². The zero-order chi connectivity index (χ0) is 15.6. The van der Waals surface area contributed by atoms with Crippen molar-refractivity contribution in [3.8, 4) is 0 Å². The van der Waals surface area contributed by atoms with Crippen LogP contribution in [0.25, 0.3) is 0 Å². The van der Waals surface area contributed by atoms with Gasteiger partial charge in [-0.25, -0.2) is 0 Å². The number of aromatic nitrogens is 2. The number of benzene rings is 1. The highest BCUT2D eigenvalue weighted by Crippen LogP contribution is 2.25. The Kier molecular flexibility index (Phi) is 5.24. The van der Waals surface area contributed by atoms with Crippen LogP contribution >= 0.6 is 39.7 Å². The Morgan fingerprint density at radius 3 is 2.76 bits per heavy atom. The van der Waals surface area contributed by atoms with E-state index < -0.39 is 0 Å². The van der Waals surface area contributed by atoms with Gasteiger partial charge in [0.05, 0.1) is 22.9 Å². The maximum atomic E-state index is 6.16. The first kappa shape index (κ1) is 16.3. The van der Waals surface area contributed by atoms with E-state index in [2.05, 4.69) is 31.7 Å². The van der Waals surface area contributed by atoms with E-state index in [4.69, 9.17) is 23.8 Å². The van der Waals surface area contributed by atoms with E-state index in [1.165, 1.54) is 0 Å². The van der Waals surface area contributed by atoms with Gasteiger partial charge in [0.25, 0.3) is 0 Å². The third-order valence-electron chi connectivity index (χ3n) is 3.27. The molecule has 0 bridgehead atoms. The second kappa shape index (κ2) is 6.77. The molecule has 0 spiro atoms. The van der Waals surface area contributed by atoms with Gasteiger partial charge in [0.15, 0.2) is 5.11 Å². The molecule has 0 saturated heterocycles. The number of halogens is 2. The molecule has 21 heavy (non-hydrogen) atoms. The molecule has 1 aromatic heterocycles. The van der Waals surface area contributed by atoms with Crippen molar-refractivity contribution in [3.05, 3.63) is 45.1 Å². The molecule has 0 fully saturated rings. The Balaban J connectivity index is 2.03. The third kappa shape index (κ3) is 3.96. The number of thiocarbonyl (C=S) groups is 1. The summed E-state index contributed by atoms with van der Waals surface area (Å²) in [7, 11) is 1.92. The van der Waals surface area contributed by atoms with Crippen molar-refractivity contribution in [1.29, 1.82) is 0 Å². The number of rotatable bonds is 3. The minimum Gasteiger partial charge on any atom is -0.356 e. The fourth-order valence-electron chi connectivity index (χ4n) is 1.96. The van der Waals surface area contributed by atoms with Crippen LogP contribution in [-0.4, -0.2) is 14.9 Å². The van der Waals surface area contributed by atoms with Crippen molar-refractivity contribution < 1.29 is 0 Å². The molecule has 0 aliphatic rings. The Hall–Kier alpha value is -1.11. The third-order valence-corrected chi connectivity index (χ3v) is 4.29. The number of nitrogens with one attached hydrogen (secondary N) is 2. The fourth-order valence-corrected chi connectivity index (χ4v) is 2.97. The zero-order valence-electron chi connectivity index (χ0n) is 11.9. The van der Waals surface area contributed by atoms with Crippen LogP contribution in [0.3, 0.4) is 0 Å². The van der Waals surface area contributed by atoms with Gasteiger partial charge in [-0.2, -0.15) is 5.10 Å². The first-order valence-corrected chi connectivity index (χ1v) is 7.97. The molecular formula is C14H16BrClN4S. The highest BCUT2D eigenvalue weighted by atomic mass is 79.9. The van der Waals surface area contributed by atoms with Crippen LogP contribution in [0.4, 0.5) is 5.69 Å². The molecular weight excluding hydrogens is 372 g/mol. The number of anilines is 1. The quantitative estimate of drug-likeness (QED) is 0.775. The summed E-state index contributed by atoms with van der Waals surface area (Å²) in [6.45, 7) is 4.07. The predicted octanol–water partition coefficient (Wildman–Crippen LogP) is 4.19. The first-order valence-electron chi connectivity index (χ1n) is 6.39. The molecule has 2 rings (SSSR count). The van der Waals surface area contributed by atoms with Gasteiger partial charge in [-0.15, -0.1) is 0 Å². The lowest BCUT2D eigenvalue weighted by Crippen LogP contribution is -2.31. The lowest BCUT2D eigenvalue weighted by Gasteiger charge is -2.17. The van der Waals surface area contributed by atoms with Gasteiger partial charge in [-0.3, -0.25) is 4.68 Å². The second-order valence-electron chi connectivity index (χ2n) is 4.75. The maximum absolute atomic E-state index is 6.16. The molecule has 7 heteroatoms. The molecule has 0 radical (unpaired) electrons. The summed E-state index contributed by atoms with van der Waals surface area (Å²) in [5.74, 6) is 0. The van der Waals surface area contributed by atoms with E-state index in [1.54, 1.807) is 0 Å². The van der Waals surface area contributed by atoms with Gasteiger partial charge in [-0.1, -0.05) is 27.5 Å². The highest BCUT2D eigenvalue weighted by molar-refractivity contribution is 9.10. The molecule has 1 aromatic carbocycles. The van der Waals surface area contributed by atoms with E-state index in [9.17, 15) is 0 Å². The average molecular weight is 388 g/mol. The van der Waals surface area contributed by atoms with Crippen molar-refractivity contribution in [2.45, 2.75) is 19.9 Å². The van der Waals surface area contributed by atoms with Gasteiger partial charge in [0, 0.05) is 22.8 Å². The van der Waals surface area contributed by atoms with Crippen LogP contribution in [0.1, 0.15) is 24.2 Å². The molecule has 2 N–H and O–H groups in total. The highest BCUT2D eigenvalue weighted by Gasteiger charge is 2.13. The summed E-state index contributed by atoms with van der Waals surface area (Å²) < 4.78 is 2.77. The summed E-state index contributed by atoms with van der Waals surface area (Å²) in [5, 5.41) is 11.7. The van der Waals surface area contributed by atoms with Gasteiger partial charge >= 0.3 is 0 Å². The van der Waals surface area contributed by atoms with E-state index in [-0.39, 0.29) is 6.04 Å². The van der Waals surface area contributed by atoms with Crippen LogP contribution in [0.15, 0.2) is 28.9 Å². The van der Waals surface area contributed by atoms with Crippen LogP contribution < -0.4 is 10.6 Å². The number of aryl methyl sites for hydroxylation is 1. The smallest absolute Gasteiger partial charge is 0.171 e. The summed E-state index contributed by atoms with van der Waals surface area (Å²) in [6.07, 6.45) is 1.85. The largest absolute Gasteiger partial charge is 0.356 e. The Labute approximate surface area is 143 Å². The van der Waals surface area contributed by atoms with Crippen LogP contribution in [0, 0.1) is 6.92 Å². The van der Waals surface area contributed by atoms with Crippen LogP contribution in [-0.2, 0) is 7.05 Å². The molecule has 1 heterocycles. The molecule has 0 unspecified atom stereocenters. The average Bonchev–Trinajstić information content (AvgIpc) is 2.73. The normalized spacial score (nSPS) is 12.0. The fraction of sp³-hybridized carbons (Fsp3) is 0.286. The molecule has 4 nitrogen and oxygen atoms in total. The van der Waals surface area contributed by atoms with Gasteiger partial charge in [0.2, 0.25) is 0 Å². The first-order chi connectivity index (χ1) is 9.88. The minimum absolute atomic E-state index is 0.0629. The monoisotopic (exact) mass is 386 g/mol. The maximum Gasteiger partial charge on any atom is 0.171 e. The lowest BCUT2D eigenvalue weighted by atomic mass is 10.1. The summed E-state index contributed by atoms with van der Waals surface area (Å²) in [6, 6.07) is 5.67. The van der Waals surface area contributed by atoms with Gasteiger partial charge in [-0.05, 0) is 44.3 Å². The van der Waals surface area contributed by atoms with E-state index in [0.29, 0.717) is 10.1 Å². The standard InChI is InChI=1S/C14H16BrClN4S/c1-8(11-7-17-20(3)9(11)2)18-14(21)19-13-5-4-10(15)6-12(13)16/h4-8H,1-3H3,(H2,18,19,21)/t8-/m0/s1. The number of hydrogen-bond donors (Lipinski definition) is 2. The van der Waals surface area contributed by atoms with Crippen LogP contribution in [0.5, 0.6) is 0 Å². The second-order valence-corrected chi connectivity index (χ2v) is 6.48. The molecule has 2 aromatic rings. The Morgan fingerprint density at radius 2 is 2.19 bits per heavy atom. The Morgan fingerprint density at radius 1 is 1.48 bits per heavy atom. The van der Waals surface area contributed by atoms with Crippen molar-refractivity contribution in [2.24, 2.45) is 7.05 Å². The van der Waals surface area contributed by atoms with E-state index in [0.717, 1.165) is 21.4 Å².